The Morgan fingerprint density at radius 1 is 1.05 bits per heavy atom. The Morgan fingerprint density at radius 2 is 1.74 bits per heavy atom. The van der Waals surface area contributed by atoms with E-state index in [1.54, 1.807) is 6.07 Å². The summed E-state index contributed by atoms with van der Waals surface area (Å²) in [5.41, 5.74) is 0.538. The lowest BCUT2D eigenvalue weighted by molar-refractivity contribution is -0.137. The highest BCUT2D eigenvalue weighted by atomic mass is 19.4. The molecule has 2 rings (SSSR count). The summed E-state index contributed by atoms with van der Waals surface area (Å²) in [6, 6.07) is 11.5. The average Bonchev–Trinajstić information content (AvgIpc) is 2.36. The third-order valence-corrected chi connectivity index (χ3v) is 2.54. The van der Waals surface area contributed by atoms with E-state index in [9.17, 15) is 17.6 Å². The Bertz CT molecular complexity index is 546. The lowest BCUT2D eigenvalue weighted by atomic mass is 10.2. The minimum absolute atomic E-state index is 0.330. The summed E-state index contributed by atoms with van der Waals surface area (Å²) in [7, 11) is 0. The molecule has 1 N–H and O–H groups in total. The summed E-state index contributed by atoms with van der Waals surface area (Å²) in [6.07, 6.45) is -4.34. The SMILES string of the molecule is Fc1[c]ccc(CNc2ccc(C(F)(F)F)cc2)c1. The quantitative estimate of drug-likeness (QED) is 0.820. The van der Waals surface area contributed by atoms with Crippen LogP contribution in [0, 0.1) is 11.9 Å². The molecular formula is C14H10F4N. The molecule has 1 nitrogen and oxygen atoms in total. The molecule has 99 valence electrons. The zero-order valence-electron chi connectivity index (χ0n) is 9.76. The van der Waals surface area contributed by atoms with E-state index in [2.05, 4.69) is 11.4 Å². The fourth-order valence-corrected chi connectivity index (χ4v) is 1.57. The summed E-state index contributed by atoms with van der Waals surface area (Å²) in [5, 5.41) is 2.92. The molecule has 2 aromatic rings. The molecule has 19 heavy (non-hydrogen) atoms. The molecule has 0 spiro atoms. The highest BCUT2D eigenvalue weighted by molar-refractivity contribution is 5.45. The van der Waals surface area contributed by atoms with E-state index in [1.807, 2.05) is 0 Å². The van der Waals surface area contributed by atoms with Gasteiger partial charge in [-0.05, 0) is 35.9 Å². The Balaban J connectivity index is 2.01. The predicted octanol–water partition coefficient (Wildman–Crippen LogP) is 4.26. The van der Waals surface area contributed by atoms with Crippen molar-refractivity contribution in [3.8, 4) is 0 Å². The van der Waals surface area contributed by atoms with Gasteiger partial charge in [0.25, 0.3) is 0 Å². The van der Waals surface area contributed by atoms with Gasteiger partial charge in [0, 0.05) is 18.3 Å². The molecule has 0 amide bonds. The molecule has 0 aromatic heterocycles. The normalized spacial score (nSPS) is 11.4. The largest absolute Gasteiger partial charge is 0.416 e. The van der Waals surface area contributed by atoms with Crippen LogP contribution in [0.3, 0.4) is 0 Å². The predicted molar refractivity (Wildman–Crippen MR) is 64.0 cm³/mol. The first kappa shape index (κ1) is 13.4. The van der Waals surface area contributed by atoms with E-state index < -0.39 is 17.6 Å². The minimum Gasteiger partial charge on any atom is -0.381 e. The Kier molecular flexibility index (Phi) is 3.74. The number of benzene rings is 2. The van der Waals surface area contributed by atoms with Gasteiger partial charge in [-0.2, -0.15) is 13.2 Å². The lowest BCUT2D eigenvalue weighted by Gasteiger charge is -2.09. The molecule has 0 aliphatic rings. The van der Waals surface area contributed by atoms with Crippen LogP contribution in [-0.4, -0.2) is 0 Å². The van der Waals surface area contributed by atoms with Crippen LogP contribution in [0.1, 0.15) is 11.1 Å². The average molecular weight is 268 g/mol. The number of rotatable bonds is 3. The standard InChI is InChI=1S/C14H10F4N/c15-12-3-1-2-10(8-12)9-19-13-6-4-11(5-7-13)14(16,17)18/h1-2,4-8,19H,9H2. The molecule has 0 fully saturated rings. The van der Waals surface area contributed by atoms with Crippen LogP contribution in [0.4, 0.5) is 23.2 Å². The summed E-state index contributed by atoms with van der Waals surface area (Å²) in [5.74, 6) is -0.466. The molecule has 0 heterocycles. The van der Waals surface area contributed by atoms with Crippen LogP contribution < -0.4 is 5.32 Å². The van der Waals surface area contributed by atoms with Gasteiger partial charge >= 0.3 is 6.18 Å². The van der Waals surface area contributed by atoms with Crippen molar-refractivity contribution in [3.05, 3.63) is 65.5 Å². The van der Waals surface area contributed by atoms with Gasteiger partial charge in [-0.15, -0.1) is 0 Å². The van der Waals surface area contributed by atoms with E-state index in [0.717, 1.165) is 12.1 Å². The number of halogens is 4. The summed E-state index contributed by atoms with van der Waals surface area (Å²) >= 11 is 0. The highest BCUT2D eigenvalue weighted by Gasteiger charge is 2.29. The van der Waals surface area contributed by atoms with Gasteiger partial charge in [0.1, 0.15) is 5.82 Å². The molecule has 0 bridgehead atoms. The fourth-order valence-electron chi connectivity index (χ4n) is 1.57. The van der Waals surface area contributed by atoms with Gasteiger partial charge in [0.15, 0.2) is 0 Å². The molecule has 5 heteroatoms. The number of hydrogen-bond acceptors (Lipinski definition) is 1. The maximum Gasteiger partial charge on any atom is 0.416 e. The zero-order chi connectivity index (χ0) is 13.9. The van der Waals surface area contributed by atoms with E-state index in [0.29, 0.717) is 17.8 Å². The molecular weight excluding hydrogens is 258 g/mol. The van der Waals surface area contributed by atoms with Crippen molar-refractivity contribution in [2.24, 2.45) is 0 Å². The molecule has 0 saturated carbocycles. The van der Waals surface area contributed by atoms with Crippen LogP contribution in [0.2, 0.25) is 0 Å². The molecule has 0 atom stereocenters. The van der Waals surface area contributed by atoms with Crippen molar-refractivity contribution >= 4 is 5.69 Å². The van der Waals surface area contributed by atoms with Crippen molar-refractivity contribution < 1.29 is 17.6 Å². The van der Waals surface area contributed by atoms with Crippen LogP contribution in [0.15, 0.2) is 42.5 Å². The fraction of sp³-hybridized carbons (Fsp3) is 0.143. The van der Waals surface area contributed by atoms with Crippen LogP contribution in [0.5, 0.6) is 0 Å². The number of nitrogens with one attached hydrogen (secondary N) is 1. The maximum atomic E-state index is 12.9. The van der Waals surface area contributed by atoms with Crippen LogP contribution >= 0.6 is 0 Å². The molecule has 2 aromatic carbocycles. The Morgan fingerprint density at radius 3 is 2.32 bits per heavy atom. The van der Waals surface area contributed by atoms with Gasteiger partial charge < -0.3 is 5.32 Å². The van der Waals surface area contributed by atoms with Gasteiger partial charge in [0.05, 0.1) is 5.56 Å². The van der Waals surface area contributed by atoms with Crippen LogP contribution in [0.25, 0.3) is 0 Å². The number of anilines is 1. The van der Waals surface area contributed by atoms with Crippen molar-refractivity contribution in [1.29, 1.82) is 0 Å². The number of alkyl halides is 3. The van der Waals surface area contributed by atoms with Crippen LogP contribution in [-0.2, 0) is 12.7 Å². The summed E-state index contributed by atoms with van der Waals surface area (Å²) in [6.45, 7) is 0.330. The van der Waals surface area contributed by atoms with Crippen molar-refractivity contribution in [2.45, 2.75) is 12.7 Å². The summed E-state index contributed by atoms with van der Waals surface area (Å²) < 4.78 is 49.9. The van der Waals surface area contributed by atoms with Gasteiger partial charge in [0.2, 0.25) is 0 Å². The van der Waals surface area contributed by atoms with E-state index in [1.165, 1.54) is 24.3 Å². The van der Waals surface area contributed by atoms with E-state index >= 15 is 0 Å². The van der Waals surface area contributed by atoms with Crippen molar-refractivity contribution in [3.63, 3.8) is 0 Å². The van der Waals surface area contributed by atoms with Gasteiger partial charge in [-0.3, -0.25) is 0 Å². The van der Waals surface area contributed by atoms with Gasteiger partial charge in [-0.1, -0.05) is 12.1 Å². The van der Waals surface area contributed by atoms with Crippen molar-refractivity contribution in [2.75, 3.05) is 5.32 Å². The Hall–Kier alpha value is -2.04. The smallest absolute Gasteiger partial charge is 0.381 e. The Labute approximate surface area is 107 Å². The topological polar surface area (TPSA) is 12.0 Å². The minimum atomic E-state index is -4.34. The molecule has 1 radical (unpaired) electrons. The first-order chi connectivity index (χ1) is 8.95. The first-order valence-electron chi connectivity index (χ1n) is 5.52. The maximum absolute atomic E-state index is 12.9. The lowest BCUT2D eigenvalue weighted by Crippen LogP contribution is -2.05. The van der Waals surface area contributed by atoms with Crippen molar-refractivity contribution in [1.82, 2.24) is 0 Å². The highest BCUT2D eigenvalue weighted by Crippen LogP contribution is 2.29. The zero-order valence-corrected chi connectivity index (χ0v) is 9.76. The number of hydrogen-bond donors (Lipinski definition) is 1. The third kappa shape index (κ3) is 3.71. The second-order valence-electron chi connectivity index (χ2n) is 3.97. The van der Waals surface area contributed by atoms with Gasteiger partial charge in [-0.25, -0.2) is 4.39 Å². The molecule has 0 aliphatic heterocycles. The molecule has 0 unspecified atom stereocenters. The summed E-state index contributed by atoms with van der Waals surface area (Å²) in [4.78, 5) is 0. The first-order valence-corrected chi connectivity index (χ1v) is 5.52. The second kappa shape index (κ2) is 5.30. The molecule has 0 aliphatic carbocycles. The monoisotopic (exact) mass is 268 g/mol. The third-order valence-electron chi connectivity index (χ3n) is 2.54. The molecule has 0 saturated heterocycles. The second-order valence-corrected chi connectivity index (χ2v) is 3.97. The van der Waals surface area contributed by atoms with E-state index in [-0.39, 0.29) is 0 Å². The van der Waals surface area contributed by atoms with E-state index in [4.69, 9.17) is 0 Å².